The number of hydrogen-bond donors (Lipinski definition) is 8. The molecule has 0 amide bonds. The molecule has 0 atom stereocenters. The van der Waals surface area contributed by atoms with Gasteiger partial charge >= 0.3 is 59.1 Å². The van der Waals surface area contributed by atoms with E-state index in [2.05, 4.69) is 49.9 Å². The molecule has 276 valence electrons. The van der Waals surface area contributed by atoms with Crippen molar-refractivity contribution in [1.82, 2.24) is 29.9 Å². The van der Waals surface area contributed by atoms with E-state index in [0.29, 0.717) is 17.1 Å². The van der Waals surface area contributed by atoms with Crippen molar-refractivity contribution in [3.8, 4) is 5.75 Å². The summed E-state index contributed by atoms with van der Waals surface area (Å²) in [6.07, 6.45) is 2.33. The summed E-state index contributed by atoms with van der Waals surface area (Å²) in [5.41, 5.74) is 0.645. The SMILES string of the molecule is COc1ccccc1N=c1[nH]c(=N)[nH]c(=Nc2ccc(/C=C/c3ccc(N=c4[nH]c(=N)[nH]c(=Nc5ccccc5)[nH]4)cc3S(=O)(=O)[O-])c(S(=O)(=O)[O-])c2)[nH]1.[Na+].[Na+]. The molecule has 4 aromatic carbocycles. The minimum atomic E-state index is -5.11. The summed E-state index contributed by atoms with van der Waals surface area (Å²) >= 11 is 0. The van der Waals surface area contributed by atoms with E-state index in [0.717, 1.165) is 24.3 Å². The molecule has 0 aliphatic heterocycles. The standard InChI is InChI=1S/C33H30N12O7S2.2Na/c1-52-25-10-6-5-9-24(25)39-33-43-29(35)42-32(45-33)38-23-16-14-20(27(18-23)54(49,50)51)12-11-19-13-15-22(17-26(19)53(46,47)48)37-31-41-28(34)40-30(44-31)36-21-7-3-2-4-8-21;;/h2-18H,1H3,(H,46,47,48)(H,49,50,51)(H4,34,36,37,40,41,44)(H4,35,38,39,42,43,45);;/q;2*+1/p-2/b12-11+;;. The van der Waals surface area contributed by atoms with Crippen LogP contribution in [-0.2, 0) is 20.2 Å². The molecule has 0 aliphatic rings. The fourth-order valence-electron chi connectivity index (χ4n) is 4.91. The zero-order valence-electron chi connectivity index (χ0n) is 29.8. The quantitative estimate of drug-likeness (QED) is 0.0402. The van der Waals surface area contributed by atoms with Gasteiger partial charge in [0.05, 0.1) is 34.0 Å². The average molecular weight is 815 g/mol. The number of aromatic nitrogens is 6. The number of rotatable bonds is 9. The zero-order valence-corrected chi connectivity index (χ0v) is 35.4. The van der Waals surface area contributed by atoms with Gasteiger partial charge in [-0.25, -0.2) is 36.8 Å². The summed E-state index contributed by atoms with van der Waals surface area (Å²) in [6.45, 7) is 0. The summed E-state index contributed by atoms with van der Waals surface area (Å²) in [7, 11) is -8.73. The molecule has 6 aromatic rings. The third-order valence-electron chi connectivity index (χ3n) is 7.22. The Balaban J connectivity index is 0.00000348. The van der Waals surface area contributed by atoms with Crippen LogP contribution in [0.3, 0.4) is 0 Å². The van der Waals surface area contributed by atoms with Crippen LogP contribution in [0.5, 0.6) is 5.75 Å². The van der Waals surface area contributed by atoms with Crippen molar-refractivity contribution in [1.29, 1.82) is 10.8 Å². The summed E-state index contributed by atoms with van der Waals surface area (Å²) in [4.78, 5) is 32.2. The first kappa shape index (κ1) is 43.8. The first-order valence-electron chi connectivity index (χ1n) is 15.4. The zero-order chi connectivity index (χ0) is 38.5. The number of methoxy groups -OCH3 is 1. The fraction of sp³-hybridized carbons (Fsp3) is 0.0303. The Labute approximate surface area is 361 Å². The van der Waals surface area contributed by atoms with Gasteiger partial charge in [0.25, 0.3) is 0 Å². The van der Waals surface area contributed by atoms with Crippen molar-refractivity contribution >= 4 is 55.1 Å². The number of ether oxygens (including phenoxy) is 1. The number of benzene rings is 4. The van der Waals surface area contributed by atoms with Crippen LogP contribution >= 0.6 is 0 Å². The summed E-state index contributed by atoms with van der Waals surface area (Å²) in [6, 6.07) is 23.0. The Kier molecular flexibility index (Phi) is 14.7. The topological polar surface area (TPSA) is 316 Å². The van der Waals surface area contributed by atoms with E-state index in [4.69, 9.17) is 15.6 Å². The Morgan fingerprint density at radius 3 is 1.41 bits per heavy atom. The Hall–Kier alpha value is -4.94. The van der Waals surface area contributed by atoms with Crippen LogP contribution in [0.15, 0.2) is 121 Å². The third kappa shape index (κ3) is 11.5. The number of para-hydroxylation sites is 3. The van der Waals surface area contributed by atoms with E-state index in [1.165, 1.54) is 31.4 Å². The molecule has 56 heavy (non-hydrogen) atoms. The molecule has 2 aromatic heterocycles. The molecule has 0 unspecified atom stereocenters. The maximum Gasteiger partial charge on any atom is 1.00 e. The minimum Gasteiger partial charge on any atom is -0.744 e. The predicted molar refractivity (Wildman–Crippen MR) is 189 cm³/mol. The third-order valence-corrected chi connectivity index (χ3v) is 9.00. The molecular weight excluding hydrogens is 787 g/mol. The Morgan fingerprint density at radius 1 is 0.554 bits per heavy atom. The second-order valence-electron chi connectivity index (χ2n) is 11.0. The molecule has 0 saturated heterocycles. The molecule has 0 bridgehead atoms. The minimum absolute atomic E-state index is 0. The molecular formula is C33H28N12Na2O7S2. The van der Waals surface area contributed by atoms with Crippen LogP contribution in [0.2, 0.25) is 0 Å². The first-order valence-corrected chi connectivity index (χ1v) is 18.3. The molecule has 0 aliphatic carbocycles. The first-order chi connectivity index (χ1) is 25.7. The van der Waals surface area contributed by atoms with Gasteiger partial charge in [-0.1, -0.05) is 54.6 Å². The Morgan fingerprint density at radius 2 is 0.964 bits per heavy atom. The van der Waals surface area contributed by atoms with Crippen LogP contribution in [0, 0.1) is 10.8 Å². The van der Waals surface area contributed by atoms with Gasteiger partial charge in [-0.15, -0.1) is 0 Å². The average Bonchev–Trinajstić information content (AvgIpc) is 3.11. The van der Waals surface area contributed by atoms with Crippen molar-refractivity contribution in [2.24, 2.45) is 20.0 Å². The van der Waals surface area contributed by atoms with Gasteiger partial charge < -0.3 is 13.8 Å². The van der Waals surface area contributed by atoms with Gasteiger partial charge in [-0.3, -0.25) is 40.7 Å². The van der Waals surface area contributed by atoms with E-state index in [9.17, 15) is 25.9 Å². The van der Waals surface area contributed by atoms with E-state index < -0.39 is 30.0 Å². The van der Waals surface area contributed by atoms with Crippen molar-refractivity contribution in [2.75, 3.05) is 7.11 Å². The van der Waals surface area contributed by atoms with Gasteiger partial charge in [0.1, 0.15) is 31.7 Å². The maximum absolute atomic E-state index is 12.3. The second kappa shape index (κ2) is 18.8. The van der Waals surface area contributed by atoms with Crippen LogP contribution in [-0.4, -0.2) is 63.0 Å². The van der Waals surface area contributed by atoms with Crippen LogP contribution in [0.4, 0.5) is 22.7 Å². The number of aromatic amines is 6. The number of H-pyrrole nitrogens is 6. The molecule has 6 rings (SSSR count). The van der Waals surface area contributed by atoms with Gasteiger partial charge in [-0.2, -0.15) is 0 Å². The summed E-state index contributed by atoms with van der Waals surface area (Å²) in [5.74, 6) is 0.466. The molecule has 0 saturated carbocycles. The molecule has 0 fully saturated rings. The Bertz CT molecular complexity index is 3060. The van der Waals surface area contributed by atoms with Gasteiger partial charge in [0.15, 0.2) is 0 Å². The van der Waals surface area contributed by atoms with Crippen molar-refractivity contribution in [2.45, 2.75) is 9.79 Å². The van der Waals surface area contributed by atoms with Crippen molar-refractivity contribution in [3.63, 3.8) is 0 Å². The molecule has 0 spiro atoms. The predicted octanol–water partition coefficient (Wildman–Crippen LogP) is -4.46. The molecule has 19 nitrogen and oxygen atoms in total. The number of nitrogens with one attached hydrogen (secondary N) is 8. The van der Waals surface area contributed by atoms with Gasteiger partial charge in [-0.05, 0) is 59.7 Å². The van der Waals surface area contributed by atoms with Crippen LogP contribution < -0.4 is 97.6 Å². The van der Waals surface area contributed by atoms with Crippen LogP contribution in [0.1, 0.15) is 11.1 Å². The summed E-state index contributed by atoms with van der Waals surface area (Å²) in [5, 5.41) is 16.1. The van der Waals surface area contributed by atoms with E-state index in [1.54, 1.807) is 48.5 Å². The van der Waals surface area contributed by atoms with E-state index in [1.807, 2.05) is 6.07 Å². The van der Waals surface area contributed by atoms with Crippen molar-refractivity contribution < 1.29 is 89.8 Å². The van der Waals surface area contributed by atoms with E-state index in [-0.39, 0.29) is 115 Å². The summed E-state index contributed by atoms with van der Waals surface area (Å²) < 4.78 is 79.3. The van der Waals surface area contributed by atoms with E-state index >= 15 is 0 Å². The van der Waals surface area contributed by atoms with Gasteiger partial charge in [0, 0.05) is 0 Å². The molecule has 23 heteroatoms. The normalized spacial score (nSPS) is 13.1. The maximum atomic E-state index is 12.3. The largest absolute Gasteiger partial charge is 1.00 e. The van der Waals surface area contributed by atoms with Gasteiger partial charge in [0.2, 0.25) is 33.7 Å². The smallest absolute Gasteiger partial charge is 0.744 e. The monoisotopic (exact) mass is 814 g/mol. The molecule has 0 radical (unpaired) electrons. The van der Waals surface area contributed by atoms with Crippen molar-refractivity contribution in [3.05, 3.63) is 136 Å². The fourth-order valence-corrected chi connectivity index (χ4v) is 6.29. The number of nitrogens with zero attached hydrogens (tertiary/aromatic N) is 4. The number of hydrogen-bond acceptors (Lipinski definition) is 13. The van der Waals surface area contributed by atoms with Crippen LogP contribution in [0.25, 0.3) is 12.2 Å². The molecule has 8 N–H and O–H groups in total. The second-order valence-corrected chi connectivity index (χ2v) is 13.7. The molecule has 2 heterocycles.